The molecule has 3 aromatic heterocycles. The Morgan fingerprint density at radius 2 is 0.832 bits per heavy atom. The number of ether oxygens (including phenoxy) is 3. The molecule has 9 heterocycles. The van der Waals surface area contributed by atoms with Gasteiger partial charge in [0.1, 0.15) is 5.75 Å². The predicted molar refractivity (Wildman–Crippen MR) is 382 cm³/mol. The minimum absolute atomic E-state index is 0.0486. The van der Waals surface area contributed by atoms with Gasteiger partial charge in [-0.05, 0) is 105 Å². The Balaban J connectivity index is 0.000000154. The van der Waals surface area contributed by atoms with Gasteiger partial charge in [-0.2, -0.15) is 37.5 Å². The van der Waals surface area contributed by atoms with Crippen molar-refractivity contribution in [1.82, 2.24) is 43.1 Å². The SMILES string of the molecule is COC1CCN(c2cccc(S(=O)(=O)n3nc(N4CCN(C)CC4)c4ccccc43)c2)C1.COC1CCN(c2cccc(S(=O)(=O)n3nc(N4CCNCC4)c4ccccc43)c2)C1.O=C1COc2cc(S(=O)(=O)n3nc(N4CCNCC4)c4ccccc43)ccc2N1.O=CO.O=CO.O=CO. The van der Waals surface area contributed by atoms with Gasteiger partial charge < -0.3 is 74.9 Å². The number of nitrogens with one attached hydrogen (secondary N) is 3. The number of para-hydroxylation sites is 3. The summed E-state index contributed by atoms with van der Waals surface area (Å²) in [5.74, 6) is 2.17. The quantitative estimate of drug-likeness (QED) is 0.0877. The van der Waals surface area contributed by atoms with Crippen LogP contribution in [0.2, 0.25) is 0 Å². The molecule has 6 aromatic carbocycles. The van der Waals surface area contributed by atoms with E-state index in [1.54, 1.807) is 62.8 Å². The van der Waals surface area contributed by atoms with Crippen LogP contribution < -0.4 is 45.2 Å². The zero-order valence-corrected chi connectivity index (χ0v) is 58.3. The molecule has 538 valence electrons. The van der Waals surface area contributed by atoms with Gasteiger partial charge in [-0.1, -0.05) is 48.5 Å². The van der Waals surface area contributed by atoms with Crippen LogP contribution in [-0.4, -0.2) is 243 Å². The molecule has 0 bridgehead atoms. The summed E-state index contributed by atoms with van der Waals surface area (Å²) >= 11 is 0. The first kappa shape index (κ1) is 73.8. The maximum atomic E-state index is 13.7. The molecule has 6 N–H and O–H groups in total. The van der Waals surface area contributed by atoms with Gasteiger partial charge in [-0.3, -0.25) is 19.2 Å². The van der Waals surface area contributed by atoms with Crippen LogP contribution in [0.3, 0.4) is 0 Å². The molecule has 0 spiro atoms. The summed E-state index contributed by atoms with van der Waals surface area (Å²) in [5.41, 5.74) is 3.95. The predicted octanol–water partition coefficient (Wildman–Crippen LogP) is 4.27. The molecule has 5 saturated heterocycles. The monoisotopic (exact) mass is 1450 g/mol. The van der Waals surface area contributed by atoms with Crippen LogP contribution in [0, 0.1) is 0 Å². The van der Waals surface area contributed by atoms with Gasteiger partial charge in [0.15, 0.2) is 24.1 Å². The third-order valence-electron chi connectivity index (χ3n) is 17.7. The van der Waals surface area contributed by atoms with Crippen molar-refractivity contribution in [3.05, 3.63) is 140 Å². The molecule has 1 amide bonds. The summed E-state index contributed by atoms with van der Waals surface area (Å²) in [6.07, 6.45) is 2.23. The second-order valence-corrected chi connectivity index (χ2v) is 29.1. The van der Waals surface area contributed by atoms with Crippen molar-refractivity contribution >= 4 is 123 Å². The number of carboxylic acid groups (broad SMARTS) is 3. The lowest BCUT2D eigenvalue weighted by Gasteiger charge is -2.32. The summed E-state index contributed by atoms with van der Waals surface area (Å²) in [6, 6.07) is 41.1. The van der Waals surface area contributed by atoms with Crippen molar-refractivity contribution in [1.29, 1.82) is 0 Å². The van der Waals surface area contributed by atoms with Crippen LogP contribution in [0.15, 0.2) is 154 Å². The molecule has 31 nitrogen and oxygen atoms in total. The first-order chi connectivity index (χ1) is 48.8. The number of fused-ring (bicyclic) bond motifs is 4. The highest BCUT2D eigenvalue weighted by molar-refractivity contribution is 7.90. The number of carbonyl (C=O) groups excluding carboxylic acids is 1. The molecule has 34 heteroatoms. The fraction of sp³-hybridized carbons (Fsp3) is 0.358. The third kappa shape index (κ3) is 16.6. The van der Waals surface area contributed by atoms with Gasteiger partial charge >= 0.3 is 0 Å². The fourth-order valence-electron chi connectivity index (χ4n) is 12.6. The molecule has 0 aliphatic carbocycles. The molecule has 2 unspecified atom stereocenters. The number of piperazine rings is 3. The van der Waals surface area contributed by atoms with Crippen molar-refractivity contribution in [3.63, 3.8) is 0 Å². The number of amides is 1. The van der Waals surface area contributed by atoms with Crippen molar-refractivity contribution in [2.24, 2.45) is 0 Å². The van der Waals surface area contributed by atoms with Gasteiger partial charge in [0.25, 0.3) is 55.4 Å². The summed E-state index contributed by atoms with van der Waals surface area (Å²) in [4.78, 5) is 50.1. The molecule has 101 heavy (non-hydrogen) atoms. The minimum atomic E-state index is -3.96. The molecule has 0 radical (unpaired) electrons. The molecule has 6 aliphatic heterocycles. The second-order valence-electron chi connectivity index (χ2n) is 23.8. The first-order valence-electron chi connectivity index (χ1n) is 32.4. The average Bonchev–Trinajstić information content (AvgIpc) is 1.65. The highest BCUT2D eigenvalue weighted by Gasteiger charge is 2.33. The van der Waals surface area contributed by atoms with Crippen LogP contribution in [0.5, 0.6) is 5.75 Å². The van der Waals surface area contributed by atoms with Gasteiger partial charge in [0.05, 0.1) is 49.1 Å². The molecule has 5 fully saturated rings. The van der Waals surface area contributed by atoms with E-state index in [0.29, 0.717) is 33.8 Å². The van der Waals surface area contributed by atoms with Crippen molar-refractivity contribution in [3.8, 4) is 5.75 Å². The van der Waals surface area contributed by atoms with Crippen LogP contribution in [0.1, 0.15) is 12.8 Å². The lowest BCUT2D eigenvalue weighted by atomic mass is 10.2. The van der Waals surface area contributed by atoms with Gasteiger partial charge in [0, 0.05) is 153 Å². The van der Waals surface area contributed by atoms with Crippen molar-refractivity contribution < 1.29 is 74.0 Å². The Morgan fingerprint density at radius 3 is 1.21 bits per heavy atom. The maximum Gasteiger partial charge on any atom is 0.290 e. The van der Waals surface area contributed by atoms with Crippen LogP contribution in [0.4, 0.5) is 34.5 Å². The lowest BCUT2D eigenvalue weighted by molar-refractivity contribution is -0.123. The summed E-state index contributed by atoms with van der Waals surface area (Å²) in [6.45, 7) is 12.3. The maximum absolute atomic E-state index is 13.7. The van der Waals surface area contributed by atoms with E-state index >= 15 is 0 Å². The number of nitrogens with zero attached hydrogens (tertiary/aromatic N) is 12. The largest absolute Gasteiger partial charge is 0.483 e. The number of rotatable bonds is 13. The first-order valence-corrected chi connectivity index (χ1v) is 36.8. The van der Waals surface area contributed by atoms with E-state index < -0.39 is 30.1 Å². The van der Waals surface area contributed by atoms with E-state index in [4.69, 9.17) is 43.9 Å². The Kier molecular flexibility index (Phi) is 24.5. The van der Waals surface area contributed by atoms with E-state index in [2.05, 4.69) is 67.7 Å². The van der Waals surface area contributed by atoms with Gasteiger partial charge in [-0.25, -0.2) is 0 Å². The highest BCUT2D eigenvalue weighted by atomic mass is 32.2. The molecule has 15 rings (SSSR count). The van der Waals surface area contributed by atoms with E-state index in [1.165, 1.54) is 26.4 Å². The Labute approximate surface area is 584 Å². The van der Waals surface area contributed by atoms with Crippen LogP contribution in [0.25, 0.3) is 32.7 Å². The summed E-state index contributed by atoms with van der Waals surface area (Å²) in [5, 5.41) is 46.2. The van der Waals surface area contributed by atoms with Crippen LogP contribution >= 0.6 is 0 Å². The Bertz CT molecular complexity index is 4700. The smallest absolute Gasteiger partial charge is 0.290 e. The number of hydrogen-bond acceptors (Lipinski definition) is 24. The summed E-state index contributed by atoms with van der Waals surface area (Å²) < 4.78 is 101. The van der Waals surface area contributed by atoms with Crippen molar-refractivity contribution in [2.45, 2.75) is 39.7 Å². The van der Waals surface area contributed by atoms with Gasteiger partial charge in [0.2, 0.25) is 0 Å². The molecule has 0 saturated carbocycles. The van der Waals surface area contributed by atoms with E-state index in [0.717, 1.165) is 161 Å². The summed E-state index contributed by atoms with van der Waals surface area (Å²) in [7, 11) is -6.13. The molecular formula is C67H81N15O16S3. The number of carbonyl (C=O) groups is 4. The van der Waals surface area contributed by atoms with Gasteiger partial charge in [-0.15, -0.1) is 15.3 Å². The second kappa shape index (κ2) is 33.5. The van der Waals surface area contributed by atoms with E-state index in [9.17, 15) is 30.0 Å². The molecule has 2 atom stereocenters. The number of likely N-dealkylation sites (N-methyl/N-ethyl adjacent to an activating group) is 1. The van der Waals surface area contributed by atoms with E-state index in [1.807, 2.05) is 72.8 Å². The number of hydrogen-bond donors (Lipinski definition) is 6. The number of anilines is 6. The number of methoxy groups -OCH3 is 2. The third-order valence-corrected chi connectivity index (χ3v) is 22.5. The molecule has 6 aliphatic rings. The Morgan fingerprint density at radius 1 is 0.465 bits per heavy atom. The number of benzene rings is 6. The van der Waals surface area contributed by atoms with Crippen molar-refractivity contribution in [2.75, 3.05) is 162 Å². The van der Waals surface area contributed by atoms with Crippen LogP contribution in [-0.2, 0) is 58.7 Å². The number of aromatic nitrogens is 6. The topological polar surface area (TPSA) is 368 Å². The lowest BCUT2D eigenvalue weighted by Crippen LogP contribution is -2.44. The van der Waals surface area contributed by atoms with E-state index in [-0.39, 0.29) is 58.8 Å². The average molecular weight is 1450 g/mol. The zero-order chi connectivity index (χ0) is 71.8. The molecule has 9 aromatic rings. The standard InChI is InChI=1S/C23H29N5O3S.C22H27N5O3S.C19H19N5O4S.3CH2O2/c1-25-12-14-26(15-13-25)23-21-8-3-4-9-22(21)28(24-23)32(29,30)20-7-5-6-18(16-20)27-11-10-19(17-27)31-2;1-30-18-9-12-26(16-18)17-5-4-6-19(15-17)31(28,29)27-21-8-3-2-7-20(21)22(24-27)25-13-10-23-11-14-25;25-18-12-28-17-11-13(5-6-15(17)21-18)29(26,27)24-16-4-2-1-3-14(16)19(22-24)23-9-7-20-8-10-23;3*2-1-3/h3-9,16,19H,10-15,17H2,1-2H3;2-8,15,18,23H,9-14,16H2,1H3;1-6,11,20H,7-10,12H2,(H,21,25);3*1H,(H,2,3). The fourth-order valence-corrected chi connectivity index (χ4v) is 16.5. The Hall–Kier alpha value is -9.94. The molecular weight excluding hydrogens is 1370 g/mol. The highest BCUT2D eigenvalue weighted by Crippen LogP contribution is 2.36. The normalized spacial score (nSPS) is 17.8. The zero-order valence-electron chi connectivity index (χ0n) is 55.8. The minimum Gasteiger partial charge on any atom is -0.483 e.